The Morgan fingerprint density at radius 1 is 0.962 bits per heavy atom. The molecule has 2 amide bonds. The van der Waals surface area contributed by atoms with Crippen LogP contribution in [0.5, 0.6) is 0 Å². The van der Waals surface area contributed by atoms with Crippen LogP contribution < -0.4 is 10.6 Å². The first kappa shape index (κ1) is 17.3. The lowest BCUT2D eigenvalue weighted by molar-refractivity contribution is -0.120. The van der Waals surface area contributed by atoms with Crippen molar-refractivity contribution in [3.63, 3.8) is 0 Å². The number of carbonyl (C=O) groups excluding carboxylic acids is 2. The number of aromatic nitrogens is 3. The third-order valence-electron chi connectivity index (χ3n) is 3.66. The molecule has 0 saturated heterocycles. The molecule has 0 spiro atoms. The summed E-state index contributed by atoms with van der Waals surface area (Å²) in [5.74, 6) is 0.230. The minimum Gasteiger partial charge on any atom is -0.355 e. The molecule has 0 bridgehead atoms. The van der Waals surface area contributed by atoms with Gasteiger partial charge in [-0.1, -0.05) is 30.3 Å². The molecule has 2 aromatic heterocycles. The number of benzene rings is 1. The minimum absolute atomic E-state index is 0.109. The maximum Gasteiger partial charge on any atom is 0.226 e. The van der Waals surface area contributed by atoms with Gasteiger partial charge in [-0.05, 0) is 23.8 Å². The number of pyridine rings is 1. The number of rotatable bonds is 7. The first-order chi connectivity index (χ1) is 12.7. The van der Waals surface area contributed by atoms with Gasteiger partial charge in [0.2, 0.25) is 11.8 Å². The van der Waals surface area contributed by atoms with Crippen molar-refractivity contribution >= 4 is 17.5 Å². The molecular weight excluding hydrogens is 330 g/mol. The Balaban J connectivity index is 1.49. The zero-order valence-electron chi connectivity index (χ0n) is 14.1. The number of nitrogens with zero attached hydrogens (tertiary/aromatic N) is 3. The van der Waals surface area contributed by atoms with E-state index in [1.54, 1.807) is 41.5 Å². The summed E-state index contributed by atoms with van der Waals surface area (Å²) in [5, 5.41) is 9.69. The molecule has 0 atom stereocenters. The van der Waals surface area contributed by atoms with Gasteiger partial charge in [-0.25, -0.2) is 9.67 Å². The first-order valence-corrected chi connectivity index (χ1v) is 8.28. The van der Waals surface area contributed by atoms with Gasteiger partial charge in [0.05, 0.1) is 12.1 Å². The van der Waals surface area contributed by atoms with Crippen LogP contribution in [0.15, 0.2) is 67.1 Å². The Labute approximate surface area is 151 Å². The van der Waals surface area contributed by atoms with Crippen LogP contribution in [0.1, 0.15) is 12.0 Å². The van der Waals surface area contributed by atoms with Crippen LogP contribution in [0.25, 0.3) is 5.82 Å². The molecular formula is C19H19N5O2. The van der Waals surface area contributed by atoms with E-state index >= 15 is 0 Å². The van der Waals surface area contributed by atoms with Gasteiger partial charge in [-0.15, -0.1) is 0 Å². The van der Waals surface area contributed by atoms with Crippen molar-refractivity contribution in [2.45, 2.75) is 12.8 Å². The van der Waals surface area contributed by atoms with Gasteiger partial charge < -0.3 is 10.6 Å². The van der Waals surface area contributed by atoms with Crippen molar-refractivity contribution in [3.05, 3.63) is 72.7 Å². The molecule has 7 nitrogen and oxygen atoms in total. The second kappa shape index (κ2) is 8.57. The molecule has 3 rings (SSSR count). The predicted molar refractivity (Wildman–Crippen MR) is 97.8 cm³/mol. The fourth-order valence-corrected chi connectivity index (χ4v) is 2.44. The van der Waals surface area contributed by atoms with Crippen LogP contribution in [0, 0.1) is 0 Å². The molecule has 0 aliphatic rings. The second-order valence-corrected chi connectivity index (χ2v) is 5.64. The highest BCUT2D eigenvalue weighted by Gasteiger charge is 2.10. The van der Waals surface area contributed by atoms with E-state index in [4.69, 9.17) is 0 Å². The van der Waals surface area contributed by atoms with E-state index in [0.717, 1.165) is 5.56 Å². The van der Waals surface area contributed by atoms with Crippen LogP contribution in [0.3, 0.4) is 0 Å². The Morgan fingerprint density at radius 2 is 1.81 bits per heavy atom. The Morgan fingerprint density at radius 3 is 2.58 bits per heavy atom. The van der Waals surface area contributed by atoms with E-state index in [9.17, 15) is 9.59 Å². The van der Waals surface area contributed by atoms with E-state index in [1.165, 1.54) is 0 Å². The largest absolute Gasteiger partial charge is 0.355 e. The number of hydrogen-bond acceptors (Lipinski definition) is 4. The number of carbonyl (C=O) groups is 2. The van der Waals surface area contributed by atoms with Gasteiger partial charge in [0.25, 0.3) is 0 Å². The quantitative estimate of drug-likeness (QED) is 0.682. The van der Waals surface area contributed by atoms with E-state index in [-0.39, 0.29) is 24.8 Å². The summed E-state index contributed by atoms with van der Waals surface area (Å²) in [5.41, 5.74) is 1.51. The Hall–Kier alpha value is -3.48. The molecule has 132 valence electrons. The van der Waals surface area contributed by atoms with Gasteiger partial charge in [0.1, 0.15) is 0 Å². The van der Waals surface area contributed by atoms with Crippen LogP contribution in [-0.4, -0.2) is 33.1 Å². The predicted octanol–water partition coefficient (Wildman–Crippen LogP) is 1.95. The Kier molecular flexibility index (Phi) is 5.72. The van der Waals surface area contributed by atoms with Gasteiger partial charge in [0.15, 0.2) is 5.82 Å². The van der Waals surface area contributed by atoms with Crippen molar-refractivity contribution in [2.24, 2.45) is 0 Å². The summed E-state index contributed by atoms with van der Waals surface area (Å²) >= 11 is 0. The standard InChI is InChI=1S/C19H19N5O2/c25-17(9-12-20-18(26)14-15-6-2-1-3-7-15)23-16-8-4-10-21-19(16)24-13-5-11-22-24/h1-8,10-11,13H,9,12,14H2,(H,20,26)(H,23,25). The number of anilines is 1. The summed E-state index contributed by atoms with van der Waals surface area (Å²) in [6, 6.07) is 14.8. The topological polar surface area (TPSA) is 88.9 Å². The molecule has 3 aromatic rings. The van der Waals surface area contributed by atoms with Crippen molar-refractivity contribution in [1.82, 2.24) is 20.1 Å². The summed E-state index contributed by atoms with van der Waals surface area (Å²) in [7, 11) is 0. The molecule has 2 N–H and O–H groups in total. The summed E-state index contributed by atoms with van der Waals surface area (Å²) in [4.78, 5) is 28.3. The molecule has 0 unspecified atom stereocenters. The maximum atomic E-state index is 12.2. The van der Waals surface area contributed by atoms with E-state index < -0.39 is 0 Å². The van der Waals surface area contributed by atoms with Crippen LogP contribution >= 0.6 is 0 Å². The third-order valence-corrected chi connectivity index (χ3v) is 3.66. The fourth-order valence-electron chi connectivity index (χ4n) is 2.44. The zero-order valence-corrected chi connectivity index (χ0v) is 14.1. The van der Waals surface area contributed by atoms with Gasteiger partial charge in [0, 0.05) is 31.6 Å². The average molecular weight is 349 g/mol. The molecule has 26 heavy (non-hydrogen) atoms. The molecule has 7 heteroatoms. The Bertz CT molecular complexity index is 863. The third kappa shape index (κ3) is 4.76. The molecule has 2 heterocycles. The van der Waals surface area contributed by atoms with Gasteiger partial charge >= 0.3 is 0 Å². The lowest BCUT2D eigenvalue weighted by atomic mass is 10.1. The molecule has 0 aliphatic carbocycles. The normalized spacial score (nSPS) is 10.3. The van der Waals surface area contributed by atoms with E-state index in [1.807, 2.05) is 30.3 Å². The second-order valence-electron chi connectivity index (χ2n) is 5.64. The van der Waals surface area contributed by atoms with Crippen molar-refractivity contribution < 1.29 is 9.59 Å². The van der Waals surface area contributed by atoms with Crippen LogP contribution in [0.4, 0.5) is 5.69 Å². The minimum atomic E-state index is -0.202. The molecule has 0 saturated carbocycles. The highest BCUT2D eigenvalue weighted by molar-refractivity contribution is 5.92. The zero-order chi connectivity index (χ0) is 18.2. The van der Waals surface area contributed by atoms with Gasteiger partial charge in [-0.3, -0.25) is 9.59 Å². The first-order valence-electron chi connectivity index (χ1n) is 8.28. The smallest absolute Gasteiger partial charge is 0.226 e. The van der Waals surface area contributed by atoms with Gasteiger partial charge in [-0.2, -0.15) is 5.10 Å². The number of nitrogens with one attached hydrogen (secondary N) is 2. The lowest BCUT2D eigenvalue weighted by Crippen LogP contribution is -2.29. The number of amides is 2. The van der Waals surface area contributed by atoms with Crippen molar-refractivity contribution in [2.75, 3.05) is 11.9 Å². The summed E-state index contributed by atoms with van der Waals surface area (Å²) in [6.45, 7) is 0.273. The van der Waals surface area contributed by atoms with E-state index in [2.05, 4.69) is 20.7 Å². The van der Waals surface area contributed by atoms with Crippen molar-refractivity contribution in [1.29, 1.82) is 0 Å². The lowest BCUT2D eigenvalue weighted by Gasteiger charge is -2.10. The monoisotopic (exact) mass is 349 g/mol. The summed E-state index contributed by atoms with van der Waals surface area (Å²) < 4.78 is 1.58. The van der Waals surface area contributed by atoms with Crippen LogP contribution in [0.2, 0.25) is 0 Å². The highest BCUT2D eigenvalue weighted by Crippen LogP contribution is 2.16. The highest BCUT2D eigenvalue weighted by atomic mass is 16.2. The fraction of sp³-hybridized carbons (Fsp3) is 0.158. The molecule has 1 aromatic carbocycles. The summed E-state index contributed by atoms with van der Waals surface area (Å²) in [6.07, 6.45) is 5.50. The van der Waals surface area contributed by atoms with Crippen molar-refractivity contribution in [3.8, 4) is 5.82 Å². The van der Waals surface area contributed by atoms with E-state index in [0.29, 0.717) is 17.9 Å². The molecule has 0 fully saturated rings. The number of hydrogen-bond donors (Lipinski definition) is 2. The average Bonchev–Trinajstić information content (AvgIpc) is 3.17. The van der Waals surface area contributed by atoms with Crippen LogP contribution in [-0.2, 0) is 16.0 Å². The maximum absolute atomic E-state index is 12.2. The SMILES string of the molecule is O=C(Cc1ccccc1)NCCC(=O)Nc1cccnc1-n1cccn1. The molecule has 0 radical (unpaired) electrons. The molecule has 0 aliphatic heterocycles.